The smallest absolute Gasteiger partial charge is 0.242 e. The highest BCUT2D eigenvalue weighted by atomic mass is 16.5. The van der Waals surface area contributed by atoms with Gasteiger partial charge in [0.25, 0.3) is 0 Å². The summed E-state index contributed by atoms with van der Waals surface area (Å²) in [6.07, 6.45) is 1.69. The minimum absolute atomic E-state index is 0.111. The number of aromatic nitrogens is 1. The number of hydrogen-bond donors (Lipinski definition) is 1. The molecule has 0 saturated carbocycles. The second kappa shape index (κ2) is 4.94. The van der Waals surface area contributed by atoms with Crippen molar-refractivity contribution >= 4 is 5.91 Å². The predicted octanol–water partition coefficient (Wildman–Crippen LogP) is 0.801. The van der Waals surface area contributed by atoms with E-state index in [0.29, 0.717) is 19.0 Å². The van der Waals surface area contributed by atoms with E-state index in [-0.39, 0.29) is 5.91 Å². The molecule has 1 fully saturated rings. The predicted molar refractivity (Wildman–Crippen MR) is 68.3 cm³/mol. The van der Waals surface area contributed by atoms with Gasteiger partial charge in [0.05, 0.1) is 19.2 Å². The second-order valence-electron chi connectivity index (χ2n) is 4.95. The van der Waals surface area contributed by atoms with Crippen molar-refractivity contribution in [2.75, 3.05) is 20.2 Å². The Kier molecular flexibility index (Phi) is 3.52. The van der Waals surface area contributed by atoms with Gasteiger partial charge in [0.1, 0.15) is 0 Å². The number of nitrogens with one attached hydrogen (secondary N) is 1. The third-order valence-corrected chi connectivity index (χ3v) is 3.18. The first-order valence-corrected chi connectivity index (χ1v) is 6.07. The van der Waals surface area contributed by atoms with Crippen LogP contribution in [0.1, 0.15) is 19.4 Å². The Morgan fingerprint density at radius 1 is 1.56 bits per heavy atom. The topological polar surface area (TPSA) is 54.5 Å². The van der Waals surface area contributed by atoms with Gasteiger partial charge < -0.3 is 15.0 Å². The van der Waals surface area contributed by atoms with Crippen LogP contribution >= 0.6 is 0 Å². The van der Waals surface area contributed by atoms with E-state index in [0.717, 1.165) is 12.1 Å². The van der Waals surface area contributed by atoms with Crippen LogP contribution in [-0.4, -0.2) is 41.5 Å². The molecule has 5 nitrogen and oxygen atoms in total. The van der Waals surface area contributed by atoms with Crippen LogP contribution < -0.4 is 10.1 Å². The molecule has 0 aliphatic carbocycles. The molecule has 0 spiro atoms. The highest BCUT2D eigenvalue weighted by molar-refractivity contribution is 5.86. The Labute approximate surface area is 107 Å². The number of rotatable bonds is 3. The summed E-state index contributed by atoms with van der Waals surface area (Å²) in [5.74, 6) is 0.696. The normalized spacial score (nSPS) is 18.8. The molecule has 0 radical (unpaired) electrons. The third-order valence-electron chi connectivity index (χ3n) is 3.18. The van der Waals surface area contributed by atoms with Gasteiger partial charge in [0.15, 0.2) is 0 Å². The van der Waals surface area contributed by atoms with Crippen molar-refractivity contribution in [3.05, 3.63) is 23.9 Å². The maximum absolute atomic E-state index is 12.3. The lowest BCUT2D eigenvalue weighted by molar-refractivity contribution is -0.140. The largest absolute Gasteiger partial charge is 0.481 e. The number of piperazine rings is 1. The fourth-order valence-corrected chi connectivity index (χ4v) is 2.16. The molecule has 1 amide bonds. The van der Waals surface area contributed by atoms with Gasteiger partial charge >= 0.3 is 0 Å². The number of ether oxygens (including phenoxy) is 1. The van der Waals surface area contributed by atoms with E-state index in [2.05, 4.69) is 10.3 Å². The first-order chi connectivity index (χ1) is 8.54. The fraction of sp³-hybridized carbons (Fsp3) is 0.538. The molecule has 1 saturated heterocycles. The van der Waals surface area contributed by atoms with Crippen molar-refractivity contribution in [3.8, 4) is 5.88 Å². The van der Waals surface area contributed by atoms with Crippen molar-refractivity contribution in [1.82, 2.24) is 15.2 Å². The van der Waals surface area contributed by atoms with E-state index >= 15 is 0 Å². The molecule has 1 N–H and O–H groups in total. The van der Waals surface area contributed by atoms with Gasteiger partial charge in [-0.25, -0.2) is 4.98 Å². The Balaban J connectivity index is 2.16. The van der Waals surface area contributed by atoms with Gasteiger partial charge in [-0.3, -0.25) is 4.79 Å². The summed E-state index contributed by atoms with van der Waals surface area (Å²) in [6, 6.07) is 3.80. The van der Waals surface area contributed by atoms with Gasteiger partial charge in [0, 0.05) is 24.8 Å². The van der Waals surface area contributed by atoms with Crippen LogP contribution in [-0.2, 0) is 11.3 Å². The number of amides is 1. The van der Waals surface area contributed by atoms with E-state index in [1.807, 2.05) is 30.9 Å². The van der Waals surface area contributed by atoms with Crippen LogP contribution in [0.25, 0.3) is 0 Å². The fourth-order valence-electron chi connectivity index (χ4n) is 2.16. The highest BCUT2D eigenvalue weighted by Crippen LogP contribution is 2.20. The monoisotopic (exact) mass is 249 g/mol. The molecule has 0 unspecified atom stereocenters. The molecule has 0 atom stereocenters. The van der Waals surface area contributed by atoms with Crippen LogP contribution in [0.5, 0.6) is 5.88 Å². The standard InChI is InChI=1S/C13H19N3O2/c1-13(2)12(17)16(8-7-15-13)9-10-5-4-6-14-11(10)18-3/h4-6,15H,7-9H2,1-3H3. The van der Waals surface area contributed by atoms with Crippen LogP contribution in [0.3, 0.4) is 0 Å². The van der Waals surface area contributed by atoms with Crippen LogP contribution in [0.15, 0.2) is 18.3 Å². The van der Waals surface area contributed by atoms with Crippen molar-refractivity contribution in [2.45, 2.75) is 25.9 Å². The molecule has 2 rings (SSSR count). The number of carbonyl (C=O) groups excluding carboxylic acids is 1. The first kappa shape index (κ1) is 12.8. The number of pyridine rings is 1. The molecule has 0 aromatic carbocycles. The molecule has 1 aliphatic heterocycles. The summed E-state index contributed by atoms with van der Waals surface area (Å²) < 4.78 is 5.21. The minimum atomic E-state index is -0.492. The second-order valence-corrected chi connectivity index (χ2v) is 4.95. The van der Waals surface area contributed by atoms with E-state index in [4.69, 9.17) is 4.74 Å². The maximum atomic E-state index is 12.3. The average molecular weight is 249 g/mol. The SMILES string of the molecule is COc1ncccc1CN1CCNC(C)(C)C1=O. The van der Waals surface area contributed by atoms with Crippen LogP contribution in [0.4, 0.5) is 0 Å². The molecular weight excluding hydrogens is 230 g/mol. The third kappa shape index (κ3) is 2.46. The van der Waals surface area contributed by atoms with Crippen molar-refractivity contribution in [3.63, 3.8) is 0 Å². The van der Waals surface area contributed by atoms with Crippen molar-refractivity contribution in [2.24, 2.45) is 0 Å². The number of nitrogens with zero attached hydrogens (tertiary/aromatic N) is 2. The van der Waals surface area contributed by atoms with Crippen LogP contribution in [0, 0.1) is 0 Å². The number of carbonyl (C=O) groups is 1. The quantitative estimate of drug-likeness (QED) is 0.861. The summed E-state index contributed by atoms with van der Waals surface area (Å²) in [5.41, 5.74) is 0.444. The van der Waals surface area contributed by atoms with Gasteiger partial charge in [0.2, 0.25) is 11.8 Å². The molecule has 0 bridgehead atoms. The number of hydrogen-bond acceptors (Lipinski definition) is 4. The zero-order chi connectivity index (χ0) is 13.2. The van der Waals surface area contributed by atoms with E-state index in [1.54, 1.807) is 13.3 Å². The maximum Gasteiger partial charge on any atom is 0.242 e. The van der Waals surface area contributed by atoms with Crippen molar-refractivity contribution < 1.29 is 9.53 Å². The Morgan fingerprint density at radius 2 is 2.33 bits per heavy atom. The molecule has 5 heteroatoms. The lowest BCUT2D eigenvalue weighted by Gasteiger charge is -2.38. The molecule has 1 aromatic heterocycles. The lowest BCUT2D eigenvalue weighted by Crippen LogP contribution is -2.60. The molecule has 18 heavy (non-hydrogen) atoms. The number of methoxy groups -OCH3 is 1. The average Bonchev–Trinajstić information content (AvgIpc) is 2.35. The Morgan fingerprint density at radius 3 is 3.06 bits per heavy atom. The van der Waals surface area contributed by atoms with Gasteiger partial charge in [-0.2, -0.15) is 0 Å². The van der Waals surface area contributed by atoms with E-state index < -0.39 is 5.54 Å². The molecule has 1 aliphatic rings. The molecule has 98 valence electrons. The van der Waals surface area contributed by atoms with Gasteiger partial charge in [-0.05, 0) is 19.9 Å². The summed E-state index contributed by atoms with van der Waals surface area (Å²) in [4.78, 5) is 18.2. The summed E-state index contributed by atoms with van der Waals surface area (Å²) in [5, 5.41) is 3.21. The highest BCUT2D eigenvalue weighted by Gasteiger charge is 2.35. The van der Waals surface area contributed by atoms with E-state index in [9.17, 15) is 4.79 Å². The zero-order valence-corrected chi connectivity index (χ0v) is 11.1. The molecular formula is C13H19N3O2. The first-order valence-electron chi connectivity index (χ1n) is 6.07. The lowest BCUT2D eigenvalue weighted by atomic mass is 10.0. The Hall–Kier alpha value is -1.62. The van der Waals surface area contributed by atoms with Crippen molar-refractivity contribution in [1.29, 1.82) is 0 Å². The van der Waals surface area contributed by atoms with E-state index in [1.165, 1.54) is 0 Å². The summed E-state index contributed by atoms with van der Waals surface area (Å²) >= 11 is 0. The zero-order valence-electron chi connectivity index (χ0n) is 11.1. The molecule has 2 heterocycles. The Bertz CT molecular complexity index is 446. The minimum Gasteiger partial charge on any atom is -0.481 e. The van der Waals surface area contributed by atoms with Crippen LogP contribution in [0.2, 0.25) is 0 Å². The van der Waals surface area contributed by atoms with Gasteiger partial charge in [-0.15, -0.1) is 0 Å². The summed E-state index contributed by atoms with van der Waals surface area (Å²) in [7, 11) is 1.59. The van der Waals surface area contributed by atoms with Gasteiger partial charge in [-0.1, -0.05) is 6.07 Å². The summed E-state index contributed by atoms with van der Waals surface area (Å²) in [6.45, 7) is 5.87. The molecule has 1 aromatic rings.